The van der Waals surface area contributed by atoms with Gasteiger partial charge in [0.05, 0.1) is 11.6 Å². The summed E-state index contributed by atoms with van der Waals surface area (Å²) in [7, 11) is 3.88. The van der Waals surface area contributed by atoms with E-state index in [4.69, 9.17) is 4.74 Å². The summed E-state index contributed by atoms with van der Waals surface area (Å²) in [5, 5.41) is 4.30. The number of fused-ring (bicyclic) bond motifs is 2. The first kappa shape index (κ1) is 19.0. The second-order valence-corrected chi connectivity index (χ2v) is 8.38. The Hall–Kier alpha value is -2.34. The number of ether oxygens (including phenoxy) is 1. The zero-order chi connectivity index (χ0) is 19.6. The minimum absolute atomic E-state index is 0.243. The van der Waals surface area contributed by atoms with Crippen LogP contribution < -0.4 is 4.74 Å². The van der Waals surface area contributed by atoms with Gasteiger partial charge in [0.1, 0.15) is 12.4 Å². The van der Waals surface area contributed by atoms with Crippen molar-refractivity contribution in [1.82, 2.24) is 19.6 Å². The van der Waals surface area contributed by atoms with E-state index in [1.165, 1.54) is 11.1 Å². The first-order chi connectivity index (χ1) is 13.5. The molecule has 2 aliphatic rings. The van der Waals surface area contributed by atoms with E-state index in [-0.39, 0.29) is 11.3 Å². The molecule has 6 heteroatoms. The molecule has 1 aromatic carbocycles. The molecule has 150 valence electrons. The van der Waals surface area contributed by atoms with Crippen molar-refractivity contribution in [3.63, 3.8) is 0 Å². The van der Waals surface area contributed by atoms with Crippen molar-refractivity contribution in [2.24, 2.45) is 12.5 Å². The fraction of sp³-hybridized carbons (Fsp3) is 0.545. The number of benzene rings is 1. The average molecular weight is 383 g/mol. The maximum absolute atomic E-state index is 12.9. The largest absolute Gasteiger partial charge is 0.492 e. The smallest absolute Gasteiger partial charge is 0.231 e. The molecule has 0 atom stereocenters. The molecule has 1 aliphatic carbocycles. The highest BCUT2D eigenvalue weighted by Crippen LogP contribution is 2.47. The maximum Gasteiger partial charge on any atom is 0.231 e. The van der Waals surface area contributed by atoms with Crippen LogP contribution in [0.3, 0.4) is 0 Å². The molecule has 1 spiro atoms. The van der Waals surface area contributed by atoms with E-state index in [0.717, 1.165) is 57.6 Å². The third kappa shape index (κ3) is 4.38. The summed E-state index contributed by atoms with van der Waals surface area (Å²) in [6.45, 7) is 4.04. The van der Waals surface area contributed by atoms with Gasteiger partial charge in [-0.25, -0.2) is 0 Å². The lowest BCUT2D eigenvalue weighted by Gasteiger charge is -2.26. The molecule has 1 saturated carbocycles. The van der Waals surface area contributed by atoms with Gasteiger partial charge in [0.15, 0.2) is 0 Å². The lowest BCUT2D eigenvalue weighted by atomic mass is 10.1. The summed E-state index contributed by atoms with van der Waals surface area (Å²) in [6.07, 6.45) is 7.98. The number of hydrogen-bond donors (Lipinski definition) is 0. The molecule has 0 radical (unpaired) electrons. The normalized spacial score (nSPS) is 20.6. The van der Waals surface area contributed by atoms with Gasteiger partial charge in [-0.3, -0.25) is 14.4 Å². The molecule has 6 nitrogen and oxygen atoms in total. The minimum Gasteiger partial charge on any atom is -0.492 e. The third-order valence-electron chi connectivity index (χ3n) is 5.86. The van der Waals surface area contributed by atoms with Gasteiger partial charge in [-0.05, 0) is 49.9 Å². The molecule has 1 aromatic heterocycles. The number of amides is 1. The molecule has 2 aromatic rings. The number of rotatable bonds is 2. The SMILES string of the molecule is CN1CCCCN(Cc2cnn(C)c2)Cc2cccc(c2)OCC2(CC2)C1=O. The summed E-state index contributed by atoms with van der Waals surface area (Å²) in [4.78, 5) is 17.2. The maximum atomic E-state index is 12.9. The Morgan fingerprint density at radius 1 is 1.18 bits per heavy atom. The molecule has 1 aliphatic heterocycles. The van der Waals surface area contributed by atoms with Gasteiger partial charge in [-0.2, -0.15) is 5.10 Å². The van der Waals surface area contributed by atoms with Gasteiger partial charge in [0.2, 0.25) is 5.91 Å². The molecule has 1 amide bonds. The lowest BCUT2D eigenvalue weighted by molar-refractivity contribution is -0.136. The Bertz CT molecular complexity index is 827. The van der Waals surface area contributed by atoms with Crippen LogP contribution in [0.2, 0.25) is 0 Å². The van der Waals surface area contributed by atoms with Gasteiger partial charge >= 0.3 is 0 Å². The molecular formula is C22H30N4O2. The van der Waals surface area contributed by atoms with E-state index in [0.29, 0.717) is 6.61 Å². The van der Waals surface area contributed by atoms with Gasteiger partial charge in [0.25, 0.3) is 0 Å². The predicted octanol–water partition coefficient (Wildman–Crippen LogP) is 2.83. The van der Waals surface area contributed by atoms with Crippen molar-refractivity contribution >= 4 is 5.91 Å². The number of hydrogen-bond acceptors (Lipinski definition) is 4. The lowest BCUT2D eigenvalue weighted by Crippen LogP contribution is -2.38. The standard InChI is InChI=1S/C22H30N4O2/c1-24-10-3-4-11-26(16-19-13-23-25(2)14-19)15-18-6-5-7-20(12-18)28-17-22(8-9-22)21(24)27/h5-7,12-14H,3-4,8-11,15-17H2,1-2H3. The zero-order valence-corrected chi connectivity index (χ0v) is 16.9. The van der Waals surface area contributed by atoms with E-state index >= 15 is 0 Å². The first-order valence-corrected chi connectivity index (χ1v) is 10.2. The first-order valence-electron chi connectivity index (χ1n) is 10.2. The van der Waals surface area contributed by atoms with Crippen LogP contribution in [0.5, 0.6) is 5.75 Å². The Morgan fingerprint density at radius 2 is 2.00 bits per heavy atom. The fourth-order valence-corrected chi connectivity index (χ4v) is 4.00. The molecule has 1 fully saturated rings. The highest BCUT2D eigenvalue weighted by molar-refractivity contribution is 5.85. The average Bonchev–Trinajstić information content (AvgIpc) is 3.37. The third-order valence-corrected chi connectivity index (χ3v) is 5.86. The van der Waals surface area contributed by atoms with Crippen LogP contribution in [0, 0.1) is 5.41 Å². The van der Waals surface area contributed by atoms with Gasteiger partial charge in [0, 0.05) is 45.5 Å². The van der Waals surface area contributed by atoms with E-state index < -0.39 is 0 Å². The highest BCUT2D eigenvalue weighted by atomic mass is 16.5. The molecule has 0 N–H and O–H groups in total. The zero-order valence-electron chi connectivity index (χ0n) is 16.9. The molecule has 4 rings (SSSR count). The van der Waals surface area contributed by atoms with Crippen molar-refractivity contribution in [3.8, 4) is 5.75 Å². The number of carbonyl (C=O) groups is 1. The van der Waals surface area contributed by atoms with Crippen LogP contribution in [-0.4, -0.2) is 52.2 Å². The summed E-state index contributed by atoms with van der Waals surface area (Å²) in [5.41, 5.74) is 2.17. The second kappa shape index (κ2) is 7.95. The summed E-state index contributed by atoms with van der Waals surface area (Å²) in [6, 6.07) is 8.31. The quantitative estimate of drug-likeness (QED) is 0.801. The number of nitrogens with zero attached hydrogens (tertiary/aromatic N) is 4. The Morgan fingerprint density at radius 3 is 2.75 bits per heavy atom. The Kier molecular flexibility index (Phi) is 5.40. The second-order valence-electron chi connectivity index (χ2n) is 8.38. The van der Waals surface area contributed by atoms with Crippen molar-refractivity contribution in [3.05, 3.63) is 47.8 Å². The van der Waals surface area contributed by atoms with E-state index in [1.54, 1.807) is 0 Å². The predicted molar refractivity (Wildman–Crippen MR) is 108 cm³/mol. The van der Waals surface area contributed by atoms with Crippen molar-refractivity contribution < 1.29 is 9.53 Å². The van der Waals surface area contributed by atoms with E-state index in [9.17, 15) is 4.79 Å². The minimum atomic E-state index is -0.290. The Balaban J connectivity index is 1.52. The summed E-state index contributed by atoms with van der Waals surface area (Å²) >= 11 is 0. The summed E-state index contributed by atoms with van der Waals surface area (Å²) in [5.74, 6) is 1.10. The molecule has 0 saturated heterocycles. The van der Waals surface area contributed by atoms with E-state index in [2.05, 4.69) is 28.3 Å². The summed E-state index contributed by atoms with van der Waals surface area (Å²) < 4.78 is 7.91. The molecule has 0 unspecified atom stereocenters. The number of carbonyl (C=O) groups excluding carboxylic acids is 1. The Labute approximate surface area is 167 Å². The van der Waals surface area contributed by atoms with Crippen LogP contribution in [-0.2, 0) is 24.9 Å². The molecule has 28 heavy (non-hydrogen) atoms. The van der Waals surface area contributed by atoms with Crippen LogP contribution in [0.25, 0.3) is 0 Å². The van der Waals surface area contributed by atoms with Crippen LogP contribution >= 0.6 is 0 Å². The van der Waals surface area contributed by atoms with Crippen LogP contribution in [0.4, 0.5) is 0 Å². The van der Waals surface area contributed by atoms with Crippen LogP contribution in [0.15, 0.2) is 36.7 Å². The molecule has 2 heterocycles. The fourth-order valence-electron chi connectivity index (χ4n) is 4.00. The van der Waals surface area contributed by atoms with Crippen LogP contribution in [0.1, 0.15) is 36.8 Å². The van der Waals surface area contributed by atoms with Gasteiger partial charge in [-0.1, -0.05) is 12.1 Å². The topological polar surface area (TPSA) is 50.6 Å². The van der Waals surface area contributed by atoms with Gasteiger partial charge in [-0.15, -0.1) is 0 Å². The monoisotopic (exact) mass is 382 g/mol. The van der Waals surface area contributed by atoms with Crippen molar-refractivity contribution in [2.45, 2.75) is 38.8 Å². The highest BCUT2D eigenvalue weighted by Gasteiger charge is 2.52. The molecule has 2 bridgehead atoms. The van der Waals surface area contributed by atoms with Crippen molar-refractivity contribution in [1.29, 1.82) is 0 Å². The van der Waals surface area contributed by atoms with E-state index in [1.807, 2.05) is 42.0 Å². The van der Waals surface area contributed by atoms with Gasteiger partial charge < -0.3 is 9.64 Å². The number of aryl methyl sites for hydroxylation is 1. The molecular weight excluding hydrogens is 352 g/mol. The number of aromatic nitrogens is 2. The van der Waals surface area contributed by atoms with Crippen molar-refractivity contribution in [2.75, 3.05) is 26.7 Å².